The number of rotatable bonds is 8. The molecule has 2 N–H and O–H groups in total. The van der Waals surface area contributed by atoms with E-state index in [0.29, 0.717) is 6.04 Å². The first-order chi connectivity index (χ1) is 9.28. The fraction of sp³-hybridized carbons (Fsp3) is 0.500. The maximum atomic E-state index is 9.35. The second kappa shape index (κ2) is 6.62. The number of aliphatic hydroxyl groups is 1. The Hall–Kier alpha value is -1.48. The van der Waals surface area contributed by atoms with Gasteiger partial charge < -0.3 is 15.2 Å². The van der Waals surface area contributed by atoms with E-state index in [0.717, 1.165) is 35.8 Å². The van der Waals surface area contributed by atoms with Gasteiger partial charge in [0.15, 0.2) is 0 Å². The SMILES string of the molecule is C=CCCC(Nc1ccc(OC)c(CO)c1)C1CC1. The van der Waals surface area contributed by atoms with Gasteiger partial charge in [0.25, 0.3) is 0 Å². The first-order valence-electron chi connectivity index (χ1n) is 6.93. The summed E-state index contributed by atoms with van der Waals surface area (Å²) in [6, 6.07) is 6.41. The van der Waals surface area contributed by atoms with Crippen molar-refractivity contribution in [3.63, 3.8) is 0 Å². The summed E-state index contributed by atoms with van der Waals surface area (Å²) in [4.78, 5) is 0. The van der Waals surface area contributed by atoms with Crippen LogP contribution in [0.4, 0.5) is 5.69 Å². The zero-order valence-electron chi connectivity index (χ0n) is 11.6. The molecule has 2 rings (SSSR count). The van der Waals surface area contributed by atoms with Crippen molar-refractivity contribution in [3.8, 4) is 5.75 Å². The maximum absolute atomic E-state index is 9.35. The second-order valence-electron chi connectivity index (χ2n) is 5.14. The highest BCUT2D eigenvalue weighted by molar-refractivity contribution is 5.51. The second-order valence-corrected chi connectivity index (χ2v) is 5.14. The Morgan fingerprint density at radius 3 is 2.89 bits per heavy atom. The van der Waals surface area contributed by atoms with Gasteiger partial charge >= 0.3 is 0 Å². The first-order valence-corrected chi connectivity index (χ1v) is 6.93. The highest BCUT2D eigenvalue weighted by atomic mass is 16.5. The van der Waals surface area contributed by atoms with Crippen molar-refractivity contribution in [1.82, 2.24) is 0 Å². The molecule has 1 unspecified atom stereocenters. The molecule has 104 valence electrons. The average Bonchev–Trinajstić information content (AvgIpc) is 3.27. The number of methoxy groups -OCH3 is 1. The molecule has 1 saturated carbocycles. The van der Waals surface area contributed by atoms with E-state index in [1.54, 1.807) is 7.11 Å². The molecule has 19 heavy (non-hydrogen) atoms. The molecule has 1 aliphatic rings. The Labute approximate surface area is 115 Å². The Bertz CT molecular complexity index is 427. The smallest absolute Gasteiger partial charge is 0.124 e. The van der Waals surface area contributed by atoms with E-state index in [1.807, 2.05) is 24.3 Å². The summed E-state index contributed by atoms with van der Waals surface area (Å²) in [5.74, 6) is 1.53. The predicted molar refractivity (Wildman–Crippen MR) is 78.5 cm³/mol. The van der Waals surface area contributed by atoms with E-state index in [-0.39, 0.29) is 6.61 Å². The molecule has 0 amide bonds. The zero-order chi connectivity index (χ0) is 13.7. The van der Waals surface area contributed by atoms with Crippen molar-refractivity contribution in [3.05, 3.63) is 36.4 Å². The summed E-state index contributed by atoms with van der Waals surface area (Å²) in [7, 11) is 1.62. The highest BCUT2D eigenvalue weighted by Crippen LogP contribution is 2.36. The number of anilines is 1. The van der Waals surface area contributed by atoms with Crippen molar-refractivity contribution in [2.45, 2.75) is 38.3 Å². The van der Waals surface area contributed by atoms with Crippen LogP contribution in [-0.4, -0.2) is 18.3 Å². The largest absolute Gasteiger partial charge is 0.496 e. The number of aliphatic hydroxyl groups excluding tert-OH is 1. The number of allylic oxidation sites excluding steroid dienone is 1. The van der Waals surface area contributed by atoms with Crippen LogP contribution in [0.5, 0.6) is 5.75 Å². The van der Waals surface area contributed by atoms with Crippen molar-refractivity contribution < 1.29 is 9.84 Å². The number of ether oxygens (including phenoxy) is 1. The zero-order valence-corrected chi connectivity index (χ0v) is 11.6. The molecular formula is C16H23NO2. The summed E-state index contributed by atoms with van der Waals surface area (Å²) in [6.45, 7) is 3.79. The van der Waals surface area contributed by atoms with Crippen LogP contribution in [0.2, 0.25) is 0 Å². The Morgan fingerprint density at radius 1 is 1.53 bits per heavy atom. The molecule has 0 saturated heterocycles. The fourth-order valence-electron chi connectivity index (χ4n) is 2.43. The van der Waals surface area contributed by atoms with Gasteiger partial charge in [-0.2, -0.15) is 0 Å². The lowest BCUT2D eigenvalue weighted by Crippen LogP contribution is -2.21. The van der Waals surface area contributed by atoms with Gasteiger partial charge in [-0.3, -0.25) is 0 Å². The number of hydrogen-bond acceptors (Lipinski definition) is 3. The van der Waals surface area contributed by atoms with Crippen LogP contribution in [0.25, 0.3) is 0 Å². The van der Waals surface area contributed by atoms with Crippen LogP contribution in [0.1, 0.15) is 31.2 Å². The molecule has 3 nitrogen and oxygen atoms in total. The van der Waals surface area contributed by atoms with E-state index >= 15 is 0 Å². The van der Waals surface area contributed by atoms with Gasteiger partial charge in [0.05, 0.1) is 13.7 Å². The molecule has 1 atom stereocenters. The Morgan fingerprint density at radius 2 is 2.32 bits per heavy atom. The van der Waals surface area contributed by atoms with Crippen LogP contribution in [0, 0.1) is 5.92 Å². The fourth-order valence-corrected chi connectivity index (χ4v) is 2.43. The number of hydrogen-bond donors (Lipinski definition) is 2. The molecular weight excluding hydrogens is 238 g/mol. The van der Waals surface area contributed by atoms with E-state index in [1.165, 1.54) is 12.8 Å². The normalized spacial score (nSPS) is 15.9. The molecule has 1 fully saturated rings. The minimum Gasteiger partial charge on any atom is -0.496 e. The van der Waals surface area contributed by atoms with Gasteiger partial charge in [-0.1, -0.05) is 6.08 Å². The predicted octanol–water partition coefficient (Wildman–Crippen LogP) is 3.34. The standard InChI is InChI=1S/C16H23NO2/c1-3-4-5-15(12-6-7-12)17-14-8-9-16(19-2)13(10-14)11-18/h3,8-10,12,15,17-18H,1,4-7,11H2,2H3. The highest BCUT2D eigenvalue weighted by Gasteiger charge is 2.30. The third kappa shape index (κ3) is 3.74. The topological polar surface area (TPSA) is 41.5 Å². The van der Waals surface area contributed by atoms with Gasteiger partial charge in [-0.15, -0.1) is 6.58 Å². The average molecular weight is 261 g/mol. The van der Waals surface area contributed by atoms with Crippen LogP contribution in [0.15, 0.2) is 30.9 Å². The van der Waals surface area contributed by atoms with Gasteiger partial charge in [-0.25, -0.2) is 0 Å². The van der Waals surface area contributed by atoms with E-state index < -0.39 is 0 Å². The van der Waals surface area contributed by atoms with Crippen molar-refractivity contribution in [2.24, 2.45) is 5.92 Å². The summed E-state index contributed by atoms with van der Waals surface area (Å²) >= 11 is 0. The summed E-state index contributed by atoms with van der Waals surface area (Å²) in [5.41, 5.74) is 1.89. The number of nitrogens with one attached hydrogen (secondary N) is 1. The van der Waals surface area contributed by atoms with E-state index in [9.17, 15) is 5.11 Å². The monoisotopic (exact) mass is 261 g/mol. The quantitative estimate of drug-likeness (QED) is 0.705. The van der Waals surface area contributed by atoms with Crippen LogP contribution in [0.3, 0.4) is 0 Å². The Balaban J connectivity index is 2.05. The third-order valence-corrected chi connectivity index (χ3v) is 3.68. The molecule has 0 aromatic heterocycles. The lowest BCUT2D eigenvalue weighted by Gasteiger charge is -2.20. The molecule has 0 aliphatic heterocycles. The molecule has 0 bridgehead atoms. The van der Waals surface area contributed by atoms with Crippen molar-refractivity contribution in [2.75, 3.05) is 12.4 Å². The minimum atomic E-state index is -0.000549. The van der Waals surface area contributed by atoms with Crippen LogP contribution < -0.4 is 10.1 Å². The maximum Gasteiger partial charge on any atom is 0.124 e. The molecule has 3 heteroatoms. The van der Waals surface area contributed by atoms with Crippen molar-refractivity contribution >= 4 is 5.69 Å². The van der Waals surface area contributed by atoms with Gasteiger partial charge in [0.1, 0.15) is 5.75 Å². The van der Waals surface area contributed by atoms with E-state index in [4.69, 9.17) is 4.74 Å². The lowest BCUT2D eigenvalue weighted by atomic mass is 10.1. The minimum absolute atomic E-state index is 0.000549. The Kier molecular flexibility index (Phi) is 4.86. The summed E-state index contributed by atoms with van der Waals surface area (Å²) in [6.07, 6.45) is 6.77. The lowest BCUT2D eigenvalue weighted by molar-refractivity contribution is 0.274. The van der Waals surface area contributed by atoms with E-state index in [2.05, 4.69) is 11.9 Å². The van der Waals surface area contributed by atoms with Gasteiger partial charge in [0, 0.05) is 17.3 Å². The molecule has 0 heterocycles. The molecule has 0 spiro atoms. The van der Waals surface area contributed by atoms with Crippen LogP contribution >= 0.6 is 0 Å². The molecule has 1 aromatic rings. The third-order valence-electron chi connectivity index (χ3n) is 3.68. The summed E-state index contributed by atoms with van der Waals surface area (Å²) < 4.78 is 5.22. The van der Waals surface area contributed by atoms with Gasteiger partial charge in [-0.05, 0) is 49.8 Å². The number of benzene rings is 1. The first kappa shape index (κ1) is 13.9. The van der Waals surface area contributed by atoms with Crippen LogP contribution in [-0.2, 0) is 6.61 Å². The summed E-state index contributed by atoms with van der Waals surface area (Å²) in [5, 5.41) is 12.9. The molecule has 1 aromatic carbocycles. The molecule has 1 aliphatic carbocycles. The van der Waals surface area contributed by atoms with Crippen molar-refractivity contribution in [1.29, 1.82) is 0 Å². The van der Waals surface area contributed by atoms with Gasteiger partial charge in [0.2, 0.25) is 0 Å². The molecule has 0 radical (unpaired) electrons.